The molecule has 0 aromatic heterocycles. The number of amides is 2. The zero-order chi connectivity index (χ0) is 12.4. The molecule has 0 bridgehead atoms. The van der Waals surface area contributed by atoms with Gasteiger partial charge in [-0.2, -0.15) is 0 Å². The summed E-state index contributed by atoms with van der Waals surface area (Å²) in [6.45, 7) is 2.89. The van der Waals surface area contributed by atoms with Gasteiger partial charge in [0, 0.05) is 13.6 Å². The van der Waals surface area contributed by atoms with Crippen molar-refractivity contribution in [3.05, 3.63) is 23.3 Å². The van der Waals surface area contributed by atoms with E-state index in [2.05, 4.69) is 0 Å². The number of hydrogen-bond acceptors (Lipinski definition) is 3. The lowest BCUT2D eigenvalue weighted by molar-refractivity contribution is 0.174. The lowest BCUT2D eigenvalue weighted by atomic mass is 10.0. The van der Waals surface area contributed by atoms with Gasteiger partial charge in [0.15, 0.2) is 11.5 Å². The Labute approximate surface area is 100 Å². The fraction of sp³-hybridized carbons (Fsp3) is 0.417. The topological polar surface area (TPSA) is 64.8 Å². The number of rotatable bonds is 3. The van der Waals surface area contributed by atoms with Crippen molar-refractivity contribution in [2.24, 2.45) is 5.73 Å². The zero-order valence-corrected chi connectivity index (χ0v) is 10.0. The minimum Gasteiger partial charge on any atom is -0.454 e. The Kier molecular flexibility index (Phi) is 3.08. The summed E-state index contributed by atoms with van der Waals surface area (Å²) >= 11 is 0. The Balaban J connectivity index is 2.09. The summed E-state index contributed by atoms with van der Waals surface area (Å²) in [7, 11) is 1.69. The maximum Gasteiger partial charge on any atom is 0.314 e. The van der Waals surface area contributed by atoms with Crippen molar-refractivity contribution in [3.8, 4) is 11.5 Å². The van der Waals surface area contributed by atoms with Crippen LogP contribution in [0.5, 0.6) is 11.5 Å². The van der Waals surface area contributed by atoms with Crippen LogP contribution in [0, 0.1) is 6.92 Å². The molecule has 2 rings (SSSR count). The van der Waals surface area contributed by atoms with Crippen LogP contribution in [0.25, 0.3) is 0 Å². The number of likely N-dealkylation sites (N-methyl/N-ethyl adjacent to an activating group) is 1. The van der Waals surface area contributed by atoms with Gasteiger partial charge < -0.3 is 20.1 Å². The van der Waals surface area contributed by atoms with Gasteiger partial charge in [-0.05, 0) is 36.6 Å². The number of hydrogen-bond donors (Lipinski definition) is 1. The molecule has 1 aromatic rings. The SMILES string of the molecule is Cc1cc2c(cc1CCN(C)C(N)=O)OCO2. The molecule has 92 valence electrons. The molecule has 1 aliphatic heterocycles. The molecule has 1 heterocycles. The molecule has 5 nitrogen and oxygen atoms in total. The van der Waals surface area contributed by atoms with Gasteiger partial charge in [-0.1, -0.05) is 0 Å². The number of nitrogens with two attached hydrogens (primary N) is 1. The van der Waals surface area contributed by atoms with Crippen LogP contribution < -0.4 is 15.2 Å². The molecular formula is C12H16N2O3. The normalized spacial score (nSPS) is 12.6. The summed E-state index contributed by atoms with van der Waals surface area (Å²) in [4.78, 5) is 12.4. The molecule has 0 radical (unpaired) electrons. The molecule has 0 saturated carbocycles. The van der Waals surface area contributed by atoms with E-state index < -0.39 is 6.03 Å². The van der Waals surface area contributed by atoms with Crippen molar-refractivity contribution in [2.45, 2.75) is 13.3 Å². The third-order valence-electron chi connectivity index (χ3n) is 2.92. The number of ether oxygens (including phenoxy) is 2. The fourth-order valence-electron chi connectivity index (χ4n) is 1.75. The highest BCUT2D eigenvalue weighted by atomic mass is 16.7. The lowest BCUT2D eigenvalue weighted by Gasteiger charge is -2.15. The average Bonchev–Trinajstić information content (AvgIpc) is 2.72. The quantitative estimate of drug-likeness (QED) is 0.859. The van der Waals surface area contributed by atoms with Gasteiger partial charge in [-0.25, -0.2) is 4.79 Å². The summed E-state index contributed by atoms with van der Waals surface area (Å²) in [5.74, 6) is 1.56. The Bertz CT molecular complexity index is 446. The number of carbonyl (C=O) groups is 1. The number of fused-ring (bicyclic) bond motifs is 1. The second-order valence-corrected chi connectivity index (χ2v) is 4.14. The second kappa shape index (κ2) is 4.53. The molecule has 2 N–H and O–H groups in total. The van der Waals surface area contributed by atoms with Crippen LogP contribution in [-0.4, -0.2) is 31.3 Å². The number of benzene rings is 1. The summed E-state index contributed by atoms with van der Waals surface area (Å²) in [6.07, 6.45) is 0.752. The van der Waals surface area contributed by atoms with E-state index in [-0.39, 0.29) is 6.79 Å². The first kappa shape index (κ1) is 11.6. The van der Waals surface area contributed by atoms with Gasteiger partial charge in [0.1, 0.15) is 0 Å². The van der Waals surface area contributed by atoms with Crippen molar-refractivity contribution >= 4 is 6.03 Å². The van der Waals surface area contributed by atoms with Crippen LogP contribution >= 0.6 is 0 Å². The maximum absolute atomic E-state index is 10.9. The molecule has 5 heteroatoms. The number of aryl methyl sites for hydroxylation is 1. The predicted octanol–water partition coefficient (Wildman–Crippen LogP) is 1.28. The average molecular weight is 236 g/mol. The molecule has 0 saturated heterocycles. The minimum absolute atomic E-state index is 0.277. The number of urea groups is 1. The van der Waals surface area contributed by atoms with Gasteiger partial charge >= 0.3 is 6.03 Å². The van der Waals surface area contributed by atoms with Crippen molar-refractivity contribution in [1.29, 1.82) is 0 Å². The van der Waals surface area contributed by atoms with Crippen molar-refractivity contribution in [1.82, 2.24) is 4.90 Å². The van der Waals surface area contributed by atoms with Gasteiger partial charge in [0.2, 0.25) is 6.79 Å². The Morgan fingerprint density at radius 2 is 2.06 bits per heavy atom. The van der Waals surface area contributed by atoms with E-state index in [0.717, 1.165) is 29.0 Å². The number of carbonyl (C=O) groups excluding carboxylic acids is 1. The monoisotopic (exact) mass is 236 g/mol. The zero-order valence-electron chi connectivity index (χ0n) is 10.0. The number of nitrogens with zero attached hydrogens (tertiary/aromatic N) is 1. The predicted molar refractivity (Wildman–Crippen MR) is 63.2 cm³/mol. The summed E-state index contributed by atoms with van der Waals surface area (Å²) in [5, 5.41) is 0. The third-order valence-corrected chi connectivity index (χ3v) is 2.92. The molecule has 0 fully saturated rings. The first-order valence-electron chi connectivity index (χ1n) is 5.47. The van der Waals surface area contributed by atoms with E-state index >= 15 is 0 Å². The van der Waals surface area contributed by atoms with Crippen LogP contribution in [0.2, 0.25) is 0 Å². The smallest absolute Gasteiger partial charge is 0.314 e. The highest BCUT2D eigenvalue weighted by molar-refractivity contribution is 5.71. The van der Waals surface area contributed by atoms with Crippen molar-refractivity contribution < 1.29 is 14.3 Å². The van der Waals surface area contributed by atoms with Gasteiger partial charge in [-0.3, -0.25) is 0 Å². The summed E-state index contributed by atoms with van der Waals surface area (Å²) < 4.78 is 10.6. The highest BCUT2D eigenvalue weighted by Gasteiger charge is 2.15. The summed E-state index contributed by atoms with van der Waals surface area (Å²) in [5.41, 5.74) is 7.44. The fourth-order valence-corrected chi connectivity index (χ4v) is 1.75. The van der Waals surface area contributed by atoms with Crippen molar-refractivity contribution in [3.63, 3.8) is 0 Å². The molecule has 2 amide bonds. The molecule has 1 aliphatic rings. The lowest BCUT2D eigenvalue weighted by Crippen LogP contribution is -2.33. The van der Waals surface area contributed by atoms with Crippen LogP contribution in [0.15, 0.2) is 12.1 Å². The van der Waals surface area contributed by atoms with Gasteiger partial charge in [0.05, 0.1) is 0 Å². The van der Waals surface area contributed by atoms with Crippen molar-refractivity contribution in [2.75, 3.05) is 20.4 Å². The maximum atomic E-state index is 10.9. The molecule has 0 unspecified atom stereocenters. The third kappa shape index (κ3) is 2.43. The van der Waals surface area contributed by atoms with Crippen LogP contribution in [0.4, 0.5) is 4.79 Å². The van der Waals surface area contributed by atoms with Crippen LogP contribution in [-0.2, 0) is 6.42 Å². The molecule has 0 atom stereocenters. The molecule has 0 spiro atoms. The van der Waals surface area contributed by atoms with E-state index in [0.29, 0.717) is 6.54 Å². The van der Waals surface area contributed by atoms with E-state index in [1.54, 1.807) is 7.05 Å². The number of primary amides is 1. The summed E-state index contributed by atoms with van der Waals surface area (Å²) in [6, 6.07) is 3.51. The molecule has 1 aromatic carbocycles. The Hall–Kier alpha value is -1.91. The van der Waals surface area contributed by atoms with E-state index in [1.807, 2.05) is 19.1 Å². The standard InChI is InChI=1S/C12H16N2O3/c1-8-5-10-11(17-7-16-10)6-9(8)3-4-14(2)12(13)15/h5-6H,3-4,7H2,1-2H3,(H2,13,15). The Morgan fingerprint density at radius 3 is 2.71 bits per heavy atom. The van der Waals surface area contributed by atoms with E-state index in [4.69, 9.17) is 15.2 Å². The molecule has 17 heavy (non-hydrogen) atoms. The van der Waals surface area contributed by atoms with Crippen LogP contribution in [0.3, 0.4) is 0 Å². The minimum atomic E-state index is -0.414. The largest absolute Gasteiger partial charge is 0.454 e. The van der Waals surface area contributed by atoms with E-state index in [1.165, 1.54) is 4.90 Å². The van der Waals surface area contributed by atoms with Gasteiger partial charge in [0.25, 0.3) is 0 Å². The first-order chi connectivity index (χ1) is 8.08. The van der Waals surface area contributed by atoms with Gasteiger partial charge in [-0.15, -0.1) is 0 Å². The second-order valence-electron chi connectivity index (χ2n) is 4.14. The first-order valence-corrected chi connectivity index (χ1v) is 5.47. The Morgan fingerprint density at radius 1 is 1.41 bits per heavy atom. The van der Waals surface area contributed by atoms with Crippen LogP contribution in [0.1, 0.15) is 11.1 Å². The molecule has 0 aliphatic carbocycles. The molecular weight excluding hydrogens is 220 g/mol. The highest BCUT2D eigenvalue weighted by Crippen LogP contribution is 2.34. The van der Waals surface area contributed by atoms with E-state index in [9.17, 15) is 4.79 Å².